The summed E-state index contributed by atoms with van der Waals surface area (Å²) < 4.78 is 0. The van der Waals surface area contributed by atoms with E-state index in [0.29, 0.717) is 24.4 Å². The van der Waals surface area contributed by atoms with E-state index in [9.17, 15) is 4.79 Å². The number of nitrogens with one attached hydrogen (secondary N) is 1. The Morgan fingerprint density at radius 1 is 1.14 bits per heavy atom. The third-order valence-electron chi connectivity index (χ3n) is 4.61. The van der Waals surface area contributed by atoms with Gasteiger partial charge in [0.05, 0.1) is 0 Å². The first-order valence-electron chi connectivity index (χ1n) is 8.40. The molecule has 2 fully saturated rings. The largest absolute Gasteiger partial charge is 0.338 e. The van der Waals surface area contributed by atoms with Crippen molar-refractivity contribution < 1.29 is 4.79 Å². The van der Waals surface area contributed by atoms with E-state index in [0.717, 1.165) is 19.5 Å². The molecule has 1 atom stereocenters. The molecule has 21 heavy (non-hydrogen) atoms. The molecule has 0 aromatic heterocycles. The predicted octanol–water partition coefficient (Wildman–Crippen LogP) is 2.75. The summed E-state index contributed by atoms with van der Waals surface area (Å²) in [7, 11) is 0. The highest BCUT2D eigenvalue weighted by atomic mass is 16.2. The van der Waals surface area contributed by atoms with Gasteiger partial charge in [-0.25, -0.2) is 0 Å². The Labute approximate surface area is 127 Å². The fourth-order valence-corrected chi connectivity index (χ4v) is 3.20. The van der Waals surface area contributed by atoms with E-state index >= 15 is 0 Å². The first-order chi connectivity index (χ1) is 10.3. The van der Waals surface area contributed by atoms with Crippen LogP contribution < -0.4 is 5.32 Å². The highest BCUT2D eigenvalue weighted by Crippen LogP contribution is 2.28. The highest BCUT2D eigenvalue weighted by Gasteiger charge is 2.33. The smallest absolute Gasteiger partial charge is 0.223 e. The van der Waals surface area contributed by atoms with Gasteiger partial charge < -0.3 is 10.2 Å². The quantitative estimate of drug-likeness (QED) is 0.872. The van der Waals surface area contributed by atoms with Crippen LogP contribution in [0.15, 0.2) is 30.3 Å². The Balaban J connectivity index is 1.52. The zero-order valence-electron chi connectivity index (χ0n) is 12.8. The van der Waals surface area contributed by atoms with Crippen molar-refractivity contribution in [1.29, 1.82) is 0 Å². The second kappa shape index (κ2) is 7.08. The third-order valence-corrected chi connectivity index (χ3v) is 4.61. The van der Waals surface area contributed by atoms with Crippen molar-refractivity contribution in [1.82, 2.24) is 10.2 Å². The summed E-state index contributed by atoms with van der Waals surface area (Å²) in [6, 6.07) is 11.4. The molecule has 1 aromatic rings. The summed E-state index contributed by atoms with van der Waals surface area (Å²) in [5.41, 5.74) is 1.26. The lowest BCUT2D eigenvalue weighted by molar-refractivity contribution is -0.132. The molecule has 0 radical (unpaired) electrons. The van der Waals surface area contributed by atoms with Crippen LogP contribution in [0.1, 0.15) is 44.1 Å². The van der Waals surface area contributed by atoms with Crippen LogP contribution in [-0.4, -0.2) is 36.0 Å². The average molecular weight is 286 g/mol. The number of piperidine rings is 1. The standard InChI is InChI=1S/C18H26N2O/c21-18(12-9-15-6-2-1-3-7-15)20(17-10-11-17)14-16-8-4-5-13-19-16/h1-3,6-7,16-17,19H,4-5,8-14H2. The van der Waals surface area contributed by atoms with Crippen LogP contribution in [0.4, 0.5) is 0 Å². The van der Waals surface area contributed by atoms with Gasteiger partial charge >= 0.3 is 0 Å². The Hall–Kier alpha value is -1.35. The number of carbonyl (C=O) groups excluding carboxylic acids is 1. The average Bonchev–Trinajstić information content (AvgIpc) is 3.37. The predicted molar refractivity (Wildman–Crippen MR) is 85.1 cm³/mol. The number of hydrogen-bond acceptors (Lipinski definition) is 2. The molecule has 1 aromatic carbocycles. The molecule has 1 heterocycles. The minimum absolute atomic E-state index is 0.341. The summed E-state index contributed by atoms with van der Waals surface area (Å²) in [4.78, 5) is 14.7. The maximum Gasteiger partial charge on any atom is 0.223 e. The SMILES string of the molecule is O=C(CCc1ccccc1)N(CC1CCCCN1)C1CC1. The molecule has 1 unspecified atom stereocenters. The van der Waals surface area contributed by atoms with Gasteiger partial charge in [0.1, 0.15) is 0 Å². The molecule has 1 aliphatic carbocycles. The maximum atomic E-state index is 12.6. The van der Waals surface area contributed by atoms with Crippen molar-refractivity contribution in [2.75, 3.05) is 13.1 Å². The number of amides is 1. The van der Waals surface area contributed by atoms with E-state index in [1.54, 1.807) is 0 Å². The van der Waals surface area contributed by atoms with E-state index < -0.39 is 0 Å². The van der Waals surface area contributed by atoms with Crippen molar-refractivity contribution in [3.05, 3.63) is 35.9 Å². The summed E-state index contributed by atoms with van der Waals surface area (Å²) >= 11 is 0. The van der Waals surface area contributed by atoms with Gasteiger partial charge in [-0.2, -0.15) is 0 Å². The van der Waals surface area contributed by atoms with Crippen molar-refractivity contribution in [3.8, 4) is 0 Å². The molecule has 0 spiro atoms. The van der Waals surface area contributed by atoms with E-state index in [1.807, 2.05) is 18.2 Å². The van der Waals surface area contributed by atoms with Crippen molar-refractivity contribution in [3.63, 3.8) is 0 Å². The van der Waals surface area contributed by atoms with Crippen LogP contribution in [-0.2, 0) is 11.2 Å². The molecule has 3 rings (SSSR count). The van der Waals surface area contributed by atoms with E-state index in [2.05, 4.69) is 22.3 Å². The lowest BCUT2D eigenvalue weighted by Gasteiger charge is -2.31. The Morgan fingerprint density at radius 2 is 1.95 bits per heavy atom. The van der Waals surface area contributed by atoms with E-state index in [4.69, 9.17) is 0 Å². The number of rotatable bonds is 6. The normalized spacial score (nSPS) is 22.0. The lowest BCUT2D eigenvalue weighted by Crippen LogP contribution is -2.46. The monoisotopic (exact) mass is 286 g/mol. The van der Waals surface area contributed by atoms with Crippen molar-refractivity contribution in [2.45, 2.75) is 57.0 Å². The lowest BCUT2D eigenvalue weighted by atomic mass is 10.0. The molecule has 1 aliphatic heterocycles. The van der Waals surface area contributed by atoms with Gasteiger partial charge in [-0.15, -0.1) is 0 Å². The highest BCUT2D eigenvalue weighted by molar-refractivity contribution is 5.77. The van der Waals surface area contributed by atoms with Crippen molar-refractivity contribution in [2.24, 2.45) is 0 Å². The Kier molecular flexibility index (Phi) is 4.91. The van der Waals surface area contributed by atoms with Gasteiger partial charge in [-0.1, -0.05) is 36.8 Å². The van der Waals surface area contributed by atoms with Crippen molar-refractivity contribution >= 4 is 5.91 Å². The third kappa shape index (κ3) is 4.31. The number of nitrogens with zero attached hydrogens (tertiary/aromatic N) is 1. The molecule has 3 nitrogen and oxygen atoms in total. The molecule has 3 heteroatoms. The number of benzene rings is 1. The van der Waals surface area contributed by atoms with Gasteiger partial charge in [0.25, 0.3) is 0 Å². The molecule has 1 amide bonds. The van der Waals surface area contributed by atoms with Gasteiger partial charge in [0, 0.05) is 25.0 Å². The van der Waals surface area contributed by atoms with Crippen LogP contribution in [0.5, 0.6) is 0 Å². The summed E-state index contributed by atoms with van der Waals surface area (Å²) in [5, 5.41) is 3.57. The molecule has 2 aliphatic rings. The maximum absolute atomic E-state index is 12.6. The summed E-state index contributed by atoms with van der Waals surface area (Å²) in [6.45, 7) is 2.03. The topological polar surface area (TPSA) is 32.3 Å². The molecule has 1 N–H and O–H groups in total. The second-order valence-corrected chi connectivity index (χ2v) is 6.41. The van der Waals surface area contributed by atoms with Gasteiger partial charge in [0.15, 0.2) is 0 Å². The van der Waals surface area contributed by atoms with Gasteiger partial charge in [-0.3, -0.25) is 4.79 Å². The zero-order valence-corrected chi connectivity index (χ0v) is 12.8. The van der Waals surface area contributed by atoms with Crippen LogP contribution in [0.25, 0.3) is 0 Å². The number of hydrogen-bond donors (Lipinski definition) is 1. The van der Waals surface area contributed by atoms with Crippen LogP contribution >= 0.6 is 0 Å². The van der Waals surface area contributed by atoms with Gasteiger partial charge in [0.2, 0.25) is 5.91 Å². The summed E-state index contributed by atoms with van der Waals surface area (Å²) in [5.74, 6) is 0.341. The minimum Gasteiger partial charge on any atom is -0.338 e. The number of aryl methyl sites for hydroxylation is 1. The fourth-order valence-electron chi connectivity index (χ4n) is 3.20. The molecular weight excluding hydrogens is 260 g/mol. The molecule has 114 valence electrons. The van der Waals surface area contributed by atoms with E-state index in [1.165, 1.54) is 37.7 Å². The molecule has 1 saturated heterocycles. The molecular formula is C18H26N2O. The first kappa shape index (κ1) is 14.6. The van der Waals surface area contributed by atoms with Crippen LogP contribution in [0.3, 0.4) is 0 Å². The molecule has 1 saturated carbocycles. The first-order valence-corrected chi connectivity index (χ1v) is 8.40. The van der Waals surface area contributed by atoms with E-state index in [-0.39, 0.29) is 0 Å². The number of carbonyl (C=O) groups is 1. The summed E-state index contributed by atoms with van der Waals surface area (Å²) in [6.07, 6.45) is 7.70. The molecule has 0 bridgehead atoms. The minimum atomic E-state index is 0.341. The Morgan fingerprint density at radius 3 is 2.62 bits per heavy atom. The van der Waals surface area contributed by atoms with Crippen LogP contribution in [0.2, 0.25) is 0 Å². The zero-order chi connectivity index (χ0) is 14.5. The van der Waals surface area contributed by atoms with Gasteiger partial charge in [-0.05, 0) is 44.2 Å². The second-order valence-electron chi connectivity index (χ2n) is 6.41. The fraction of sp³-hybridized carbons (Fsp3) is 0.611. The Bertz CT molecular complexity index is 450. The van der Waals surface area contributed by atoms with Crippen LogP contribution in [0, 0.1) is 0 Å².